The molecule has 0 saturated carbocycles. The first-order valence-corrected chi connectivity index (χ1v) is 17.3. The minimum absolute atomic E-state index is 0. The minimum atomic E-state index is -0.0841. The molecule has 4 saturated heterocycles. The number of carbonyl (C=O) groups is 1. The molecule has 45 heavy (non-hydrogen) atoms. The second-order valence-electron chi connectivity index (χ2n) is 17.4. The molecule has 0 aromatic heterocycles. The maximum Gasteiger partial charge on any atom is 0.134 e. The van der Waals surface area contributed by atoms with Crippen molar-refractivity contribution in [3.8, 4) is 0 Å². The van der Waals surface area contributed by atoms with Crippen LogP contribution in [0.3, 0.4) is 0 Å². The molecule has 4 aliphatic heterocycles. The third-order valence-corrected chi connectivity index (χ3v) is 9.52. The topological polar surface area (TPSA) is 59.5 Å². The van der Waals surface area contributed by atoms with Crippen LogP contribution in [0.4, 0.5) is 0 Å². The first kappa shape index (κ1) is 46.5. The number of nitrogens with zero attached hydrogens (tertiary/aromatic N) is 4. The largest absolute Gasteiger partial charge is 0.392 e. The molecule has 0 bridgehead atoms. The van der Waals surface area contributed by atoms with E-state index in [4.69, 9.17) is 4.74 Å². The monoisotopic (exact) mass is 643 g/mol. The number of ketones is 1. The van der Waals surface area contributed by atoms with E-state index in [0.717, 1.165) is 71.2 Å². The molecule has 4 rings (SSSR count). The predicted octanol–water partition coefficient (Wildman–Crippen LogP) is 7.45. The van der Waals surface area contributed by atoms with E-state index >= 15 is 0 Å². The SMILES string of the molecule is C.C.CC(=O)C1CCN(C(C)(C)C)C1.CC(C)(C)N1CCC(O)C1.CC(C)(C)N1CCOCC1.CC1CCN(C(C)(C)C)CC1. The first-order valence-electron chi connectivity index (χ1n) is 17.3. The number of piperidine rings is 1. The molecule has 0 aromatic carbocycles. The number of ether oxygens (including phenoxy) is 1. The standard InChI is InChI=1S/C10H19NO.C10H21N.2C8H17NO.2CH4/c1-8(12)9-5-6-11(7-9)10(2,3)4;1-9-5-7-11(8-6-9)10(2,3)4;1-8(2,3)9-4-6-10-7-5-9;1-8(2,3)9-5-4-7(10)6-9;;/h9H,5-7H2,1-4H3;9H,5-8H2,1-4H3;4-7H2,1-3H3;7,10H,4-6H2,1-3H3;2*1H4. The number of Topliss-reactive ketones (excluding diaryl/α,β-unsaturated/α-hetero) is 1. The summed E-state index contributed by atoms with van der Waals surface area (Å²) in [4.78, 5) is 20.8. The van der Waals surface area contributed by atoms with Crippen molar-refractivity contribution in [1.29, 1.82) is 0 Å². The summed E-state index contributed by atoms with van der Waals surface area (Å²) in [5.41, 5.74) is 1.17. The first-order chi connectivity index (χ1) is 19.5. The van der Waals surface area contributed by atoms with Gasteiger partial charge in [-0.25, -0.2) is 0 Å². The number of morpholine rings is 1. The fourth-order valence-electron chi connectivity index (χ4n) is 5.97. The Morgan fingerprint density at radius 2 is 0.933 bits per heavy atom. The molecule has 272 valence electrons. The fraction of sp³-hybridized carbons (Fsp3) is 0.974. The zero-order valence-corrected chi connectivity index (χ0v) is 31.2. The van der Waals surface area contributed by atoms with E-state index in [2.05, 4.69) is 110 Å². The Morgan fingerprint density at radius 3 is 1.20 bits per heavy atom. The third-order valence-electron chi connectivity index (χ3n) is 9.52. The molecule has 0 spiro atoms. The molecule has 0 aliphatic carbocycles. The summed E-state index contributed by atoms with van der Waals surface area (Å²) in [6, 6.07) is 0. The van der Waals surface area contributed by atoms with Gasteiger partial charge < -0.3 is 9.84 Å². The number of hydrogen-bond acceptors (Lipinski definition) is 7. The van der Waals surface area contributed by atoms with Gasteiger partial charge in [-0.15, -0.1) is 0 Å². The number of hydrogen-bond donors (Lipinski definition) is 1. The highest BCUT2D eigenvalue weighted by molar-refractivity contribution is 5.78. The van der Waals surface area contributed by atoms with Gasteiger partial charge in [0, 0.05) is 60.8 Å². The number of carbonyl (C=O) groups excluding carboxylic acids is 1. The van der Waals surface area contributed by atoms with Crippen LogP contribution in [-0.2, 0) is 9.53 Å². The molecule has 1 N–H and O–H groups in total. The molecule has 2 atom stereocenters. The van der Waals surface area contributed by atoms with E-state index in [9.17, 15) is 9.90 Å². The van der Waals surface area contributed by atoms with E-state index < -0.39 is 0 Å². The van der Waals surface area contributed by atoms with Crippen LogP contribution in [0.15, 0.2) is 0 Å². The average Bonchev–Trinajstić information content (AvgIpc) is 3.55. The number of likely N-dealkylation sites (tertiary alicyclic amines) is 3. The molecule has 0 radical (unpaired) electrons. The van der Waals surface area contributed by atoms with E-state index in [1.165, 1.54) is 25.9 Å². The summed E-state index contributed by atoms with van der Waals surface area (Å²) in [6.07, 6.45) is 4.68. The Balaban J connectivity index is 0. The van der Waals surface area contributed by atoms with Crippen molar-refractivity contribution in [2.45, 2.75) is 166 Å². The van der Waals surface area contributed by atoms with Crippen LogP contribution in [-0.4, -0.2) is 124 Å². The Bertz CT molecular complexity index is 762. The van der Waals surface area contributed by atoms with Crippen molar-refractivity contribution in [3.63, 3.8) is 0 Å². The Hall–Kier alpha value is -0.570. The van der Waals surface area contributed by atoms with Gasteiger partial charge in [-0.05, 0) is 141 Å². The van der Waals surface area contributed by atoms with E-state index in [1.807, 2.05) is 0 Å². The highest BCUT2D eigenvalue weighted by atomic mass is 16.5. The molecule has 4 heterocycles. The smallest absolute Gasteiger partial charge is 0.134 e. The predicted molar refractivity (Wildman–Crippen MR) is 197 cm³/mol. The van der Waals surface area contributed by atoms with Gasteiger partial charge in [-0.1, -0.05) is 21.8 Å². The van der Waals surface area contributed by atoms with Gasteiger partial charge in [0.05, 0.1) is 19.3 Å². The molecule has 7 heteroatoms. The Morgan fingerprint density at radius 1 is 0.578 bits per heavy atom. The molecular weight excluding hydrogens is 560 g/mol. The number of β-amino-alcohol motifs (C(OH)–C–C–N with tert-alkyl or cyclic N) is 1. The second kappa shape index (κ2) is 20.1. The van der Waals surface area contributed by atoms with Gasteiger partial charge in [-0.3, -0.25) is 24.4 Å². The lowest BCUT2D eigenvalue weighted by atomic mass is 9.95. The zero-order valence-electron chi connectivity index (χ0n) is 31.2. The quantitative estimate of drug-likeness (QED) is 0.319. The molecule has 4 fully saturated rings. The van der Waals surface area contributed by atoms with Gasteiger partial charge in [0.2, 0.25) is 0 Å². The molecular formula is C38H82N4O3. The lowest BCUT2D eigenvalue weighted by Gasteiger charge is -2.40. The van der Waals surface area contributed by atoms with Crippen molar-refractivity contribution in [3.05, 3.63) is 0 Å². The number of aliphatic hydroxyl groups is 1. The van der Waals surface area contributed by atoms with E-state index in [0.29, 0.717) is 22.8 Å². The van der Waals surface area contributed by atoms with Gasteiger partial charge in [0.25, 0.3) is 0 Å². The van der Waals surface area contributed by atoms with Crippen molar-refractivity contribution < 1.29 is 14.6 Å². The van der Waals surface area contributed by atoms with Crippen LogP contribution in [0.25, 0.3) is 0 Å². The second-order valence-corrected chi connectivity index (χ2v) is 17.4. The molecule has 0 amide bonds. The summed E-state index contributed by atoms with van der Waals surface area (Å²) in [7, 11) is 0. The Labute approximate surface area is 282 Å². The highest BCUT2D eigenvalue weighted by Crippen LogP contribution is 2.25. The Kier molecular flexibility index (Phi) is 20.8. The van der Waals surface area contributed by atoms with Crippen LogP contribution in [0, 0.1) is 11.8 Å². The number of rotatable bonds is 1. The van der Waals surface area contributed by atoms with Gasteiger partial charge in [-0.2, -0.15) is 0 Å². The van der Waals surface area contributed by atoms with Crippen molar-refractivity contribution in [1.82, 2.24) is 19.6 Å². The molecule has 0 aromatic rings. The van der Waals surface area contributed by atoms with Gasteiger partial charge >= 0.3 is 0 Å². The lowest BCUT2D eigenvalue weighted by Crippen LogP contribution is -2.47. The fourth-order valence-corrected chi connectivity index (χ4v) is 5.97. The van der Waals surface area contributed by atoms with Crippen LogP contribution in [0.2, 0.25) is 0 Å². The summed E-state index contributed by atoms with van der Waals surface area (Å²) in [5.74, 6) is 1.60. The van der Waals surface area contributed by atoms with Crippen LogP contribution < -0.4 is 0 Å². The molecule has 7 nitrogen and oxygen atoms in total. The van der Waals surface area contributed by atoms with Crippen molar-refractivity contribution in [2.75, 3.05) is 65.6 Å². The highest BCUT2D eigenvalue weighted by Gasteiger charge is 2.32. The van der Waals surface area contributed by atoms with Gasteiger partial charge in [0.15, 0.2) is 0 Å². The molecule has 2 unspecified atom stereocenters. The summed E-state index contributed by atoms with van der Waals surface area (Å²) < 4.78 is 5.25. The van der Waals surface area contributed by atoms with E-state index in [-0.39, 0.29) is 32.0 Å². The summed E-state index contributed by atoms with van der Waals surface area (Å²) in [6.45, 7) is 41.4. The average molecular weight is 643 g/mol. The maximum absolute atomic E-state index is 11.1. The number of aliphatic hydroxyl groups excluding tert-OH is 1. The van der Waals surface area contributed by atoms with Crippen LogP contribution >= 0.6 is 0 Å². The minimum Gasteiger partial charge on any atom is -0.392 e. The summed E-state index contributed by atoms with van der Waals surface area (Å²) in [5, 5.41) is 9.22. The third kappa shape index (κ3) is 18.5. The van der Waals surface area contributed by atoms with E-state index in [1.54, 1.807) is 6.92 Å². The van der Waals surface area contributed by atoms with Crippen molar-refractivity contribution in [2.24, 2.45) is 11.8 Å². The van der Waals surface area contributed by atoms with Crippen molar-refractivity contribution >= 4 is 5.78 Å². The van der Waals surface area contributed by atoms with Crippen LogP contribution in [0.1, 0.15) is 137 Å². The zero-order chi connectivity index (χ0) is 33.2. The van der Waals surface area contributed by atoms with Crippen LogP contribution in [0.5, 0.6) is 0 Å². The van der Waals surface area contributed by atoms with Gasteiger partial charge in [0.1, 0.15) is 5.78 Å². The summed E-state index contributed by atoms with van der Waals surface area (Å²) >= 11 is 0. The maximum atomic E-state index is 11.1. The normalized spacial score (nSPS) is 24.5. The lowest BCUT2D eigenvalue weighted by molar-refractivity contribution is -0.120. The molecule has 4 aliphatic rings.